The van der Waals surface area contributed by atoms with Gasteiger partial charge in [-0.1, -0.05) is 30.3 Å². The highest BCUT2D eigenvalue weighted by Crippen LogP contribution is 2.10. The molecule has 0 aliphatic heterocycles. The number of Topliss-reactive ketones (excluding diaryl/α,β-unsaturated/α-hetero) is 1. The van der Waals surface area contributed by atoms with Crippen LogP contribution in [-0.4, -0.2) is 16.5 Å². The molecule has 0 aliphatic carbocycles. The monoisotopic (exact) mass is 206 g/mol. The molecule has 0 radical (unpaired) electrons. The van der Waals surface area contributed by atoms with Crippen molar-refractivity contribution in [2.24, 2.45) is 0 Å². The molecule has 0 saturated carbocycles. The van der Waals surface area contributed by atoms with E-state index in [2.05, 4.69) is 12.1 Å². The van der Waals surface area contributed by atoms with Crippen LogP contribution < -0.4 is 0 Å². The minimum atomic E-state index is -1.18. The molecule has 0 atom stereocenters. The summed E-state index contributed by atoms with van der Waals surface area (Å²) >= 11 is 0. The van der Waals surface area contributed by atoms with Crippen molar-refractivity contribution in [1.82, 2.24) is 0 Å². The Morgan fingerprint density at radius 2 is 1.87 bits per heavy atom. The quantitative estimate of drug-likeness (QED) is 0.803. The predicted octanol–water partition coefficient (Wildman–Crippen LogP) is 2.35. The average molecular weight is 206 g/mol. The molecule has 0 heterocycles. The molecule has 2 heteroatoms. The first-order chi connectivity index (χ1) is 7.00. The van der Waals surface area contributed by atoms with Crippen LogP contribution in [-0.2, 0) is 11.2 Å². The van der Waals surface area contributed by atoms with Gasteiger partial charge in [0.1, 0.15) is 5.60 Å². The Balaban J connectivity index is 2.32. The molecule has 2 nitrogen and oxygen atoms in total. The summed E-state index contributed by atoms with van der Waals surface area (Å²) in [5, 5.41) is 9.43. The molecule has 1 N–H and O–H groups in total. The van der Waals surface area contributed by atoms with Gasteiger partial charge in [0.05, 0.1) is 0 Å². The fraction of sp³-hybridized carbons (Fsp3) is 0.462. The van der Waals surface area contributed by atoms with Crippen LogP contribution in [0.2, 0.25) is 0 Å². The second-order valence-electron chi connectivity index (χ2n) is 4.32. The Bertz CT molecular complexity index is 309. The number of benzene rings is 1. The highest BCUT2D eigenvalue weighted by molar-refractivity contribution is 5.86. The number of carbonyl (C=O) groups is 1. The Morgan fingerprint density at radius 3 is 2.40 bits per heavy atom. The zero-order valence-electron chi connectivity index (χ0n) is 9.36. The molecular formula is C13H18O2. The van der Waals surface area contributed by atoms with Gasteiger partial charge < -0.3 is 5.11 Å². The van der Waals surface area contributed by atoms with Crippen molar-refractivity contribution in [3.63, 3.8) is 0 Å². The maximum Gasteiger partial charge on any atom is 0.163 e. The fourth-order valence-corrected chi connectivity index (χ4v) is 1.40. The molecule has 0 spiro atoms. The summed E-state index contributed by atoms with van der Waals surface area (Å²) in [6.45, 7) is 3.08. The minimum absolute atomic E-state index is 0.0848. The highest BCUT2D eigenvalue weighted by atomic mass is 16.3. The van der Waals surface area contributed by atoms with Gasteiger partial charge in [-0.15, -0.1) is 0 Å². The first kappa shape index (κ1) is 11.9. The molecule has 0 unspecified atom stereocenters. The summed E-state index contributed by atoms with van der Waals surface area (Å²) in [5.41, 5.74) is 0.0532. The molecule has 0 aliphatic rings. The van der Waals surface area contributed by atoms with Gasteiger partial charge in [-0.05, 0) is 32.3 Å². The number of hydrogen-bond donors (Lipinski definition) is 1. The topological polar surface area (TPSA) is 37.3 Å². The third-order valence-electron chi connectivity index (χ3n) is 2.39. The zero-order chi connectivity index (χ0) is 11.3. The lowest BCUT2D eigenvalue weighted by atomic mass is 9.97. The second kappa shape index (κ2) is 5.08. The van der Waals surface area contributed by atoms with Crippen LogP contribution in [0.25, 0.3) is 0 Å². The Kier molecular flexibility index (Phi) is 4.04. The van der Waals surface area contributed by atoms with Crippen molar-refractivity contribution in [1.29, 1.82) is 0 Å². The van der Waals surface area contributed by atoms with Gasteiger partial charge in [0.15, 0.2) is 5.78 Å². The van der Waals surface area contributed by atoms with Crippen LogP contribution >= 0.6 is 0 Å². The number of rotatable bonds is 5. The van der Waals surface area contributed by atoms with Crippen molar-refractivity contribution in [3.05, 3.63) is 35.9 Å². The van der Waals surface area contributed by atoms with Crippen LogP contribution in [0.15, 0.2) is 30.3 Å². The van der Waals surface area contributed by atoms with Crippen LogP contribution in [0, 0.1) is 0 Å². The molecule has 0 aromatic heterocycles. The third kappa shape index (κ3) is 4.26. The van der Waals surface area contributed by atoms with Gasteiger partial charge in [-0.25, -0.2) is 0 Å². The van der Waals surface area contributed by atoms with E-state index in [1.54, 1.807) is 0 Å². The van der Waals surface area contributed by atoms with Gasteiger partial charge in [-0.2, -0.15) is 0 Å². The Hall–Kier alpha value is -1.15. The van der Waals surface area contributed by atoms with Crippen LogP contribution in [0.3, 0.4) is 0 Å². The summed E-state index contributed by atoms with van der Waals surface area (Å²) < 4.78 is 0. The van der Waals surface area contributed by atoms with Crippen LogP contribution in [0.4, 0.5) is 0 Å². The first-order valence-electron chi connectivity index (χ1n) is 5.30. The second-order valence-corrected chi connectivity index (χ2v) is 4.32. The smallest absolute Gasteiger partial charge is 0.163 e. The minimum Gasteiger partial charge on any atom is -0.383 e. The third-order valence-corrected chi connectivity index (χ3v) is 2.39. The van der Waals surface area contributed by atoms with Crippen LogP contribution in [0.5, 0.6) is 0 Å². The molecule has 1 aromatic rings. The number of aryl methyl sites for hydroxylation is 1. The van der Waals surface area contributed by atoms with E-state index in [-0.39, 0.29) is 5.78 Å². The van der Waals surface area contributed by atoms with Crippen molar-refractivity contribution in [3.8, 4) is 0 Å². The predicted molar refractivity (Wildman–Crippen MR) is 60.7 cm³/mol. The summed E-state index contributed by atoms with van der Waals surface area (Å²) in [6.07, 6.45) is 2.13. The van der Waals surface area contributed by atoms with E-state index >= 15 is 0 Å². The van der Waals surface area contributed by atoms with Crippen molar-refractivity contribution in [2.75, 3.05) is 0 Å². The lowest BCUT2D eigenvalue weighted by Gasteiger charge is -2.14. The SMILES string of the molecule is CC(C)(O)C(=O)CCCc1ccccc1. The molecule has 0 bridgehead atoms. The summed E-state index contributed by atoms with van der Waals surface area (Å²) in [5.74, 6) is -0.0848. The largest absolute Gasteiger partial charge is 0.383 e. The zero-order valence-corrected chi connectivity index (χ0v) is 9.36. The van der Waals surface area contributed by atoms with Gasteiger partial charge in [0.25, 0.3) is 0 Å². The summed E-state index contributed by atoms with van der Waals surface area (Å²) in [7, 11) is 0. The number of ketones is 1. The number of hydrogen-bond acceptors (Lipinski definition) is 2. The maximum absolute atomic E-state index is 11.4. The van der Waals surface area contributed by atoms with E-state index in [1.165, 1.54) is 19.4 Å². The molecule has 0 saturated heterocycles. The molecule has 1 rings (SSSR count). The first-order valence-corrected chi connectivity index (χ1v) is 5.30. The van der Waals surface area contributed by atoms with Crippen molar-refractivity contribution >= 4 is 5.78 Å². The van der Waals surface area contributed by atoms with E-state index in [4.69, 9.17) is 0 Å². The van der Waals surface area contributed by atoms with Crippen molar-refractivity contribution in [2.45, 2.75) is 38.7 Å². The van der Waals surface area contributed by atoms with Gasteiger partial charge in [0.2, 0.25) is 0 Å². The Morgan fingerprint density at radius 1 is 1.27 bits per heavy atom. The van der Waals surface area contributed by atoms with E-state index in [0.717, 1.165) is 12.8 Å². The standard InChI is InChI=1S/C13H18O2/c1-13(2,15)12(14)10-6-9-11-7-4-3-5-8-11/h3-5,7-8,15H,6,9-10H2,1-2H3. The van der Waals surface area contributed by atoms with Gasteiger partial charge in [-0.3, -0.25) is 4.79 Å². The summed E-state index contributed by atoms with van der Waals surface area (Å²) in [4.78, 5) is 11.4. The fourth-order valence-electron chi connectivity index (χ4n) is 1.40. The molecular weight excluding hydrogens is 188 g/mol. The lowest BCUT2D eigenvalue weighted by molar-refractivity contribution is -0.134. The normalized spacial score (nSPS) is 11.4. The molecule has 1 aromatic carbocycles. The van der Waals surface area contributed by atoms with Gasteiger partial charge >= 0.3 is 0 Å². The van der Waals surface area contributed by atoms with E-state index in [1.807, 2.05) is 18.2 Å². The van der Waals surface area contributed by atoms with E-state index in [0.29, 0.717) is 6.42 Å². The molecule has 0 amide bonds. The van der Waals surface area contributed by atoms with Crippen LogP contribution in [0.1, 0.15) is 32.3 Å². The molecule has 15 heavy (non-hydrogen) atoms. The highest BCUT2D eigenvalue weighted by Gasteiger charge is 2.22. The summed E-state index contributed by atoms with van der Waals surface area (Å²) in [6, 6.07) is 10.1. The lowest BCUT2D eigenvalue weighted by Crippen LogP contribution is -2.30. The average Bonchev–Trinajstić information content (AvgIpc) is 2.18. The maximum atomic E-state index is 11.4. The molecule has 0 fully saturated rings. The van der Waals surface area contributed by atoms with E-state index in [9.17, 15) is 9.90 Å². The number of carbonyl (C=O) groups excluding carboxylic acids is 1. The number of aliphatic hydroxyl groups is 1. The van der Waals surface area contributed by atoms with Gasteiger partial charge in [0, 0.05) is 6.42 Å². The molecule has 82 valence electrons. The van der Waals surface area contributed by atoms with E-state index < -0.39 is 5.60 Å². The Labute approximate surface area is 90.9 Å². The van der Waals surface area contributed by atoms with Crippen molar-refractivity contribution < 1.29 is 9.90 Å².